The fourth-order valence-electron chi connectivity index (χ4n) is 1.58. The van der Waals surface area contributed by atoms with Crippen LogP contribution >= 0.6 is 0 Å². The summed E-state index contributed by atoms with van der Waals surface area (Å²) in [4.78, 5) is 13.6. The van der Waals surface area contributed by atoms with Gasteiger partial charge in [-0.1, -0.05) is 6.92 Å². The Morgan fingerprint density at radius 2 is 2.41 bits per heavy atom. The normalized spacial score (nSPS) is 12.2. The van der Waals surface area contributed by atoms with E-state index in [9.17, 15) is 4.79 Å². The lowest BCUT2D eigenvalue weighted by Gasteiger charge is -2.09. The molecule has 2 N–H and O–H groups in total. The van der Waals surface area contributed by atoms with E-state index >= 15 is 0 Å². The first-order valence-corrected chi connectivity index (χ1v) is 5.49. The summed E-state index contributed by atoms with van der Waals surface area (Å²) in [6.07, 6.45) is 0.814. The molecule has 0 saturated heterocycles. The van der Waals surface area contributed by atoms with E-state index in [-0.39, 0.29) is 5.92 Å². The molecule has 0 amide bonds. The number of oxazole rings is 1. The molecule has 88 valence electrons. The highest BCUT2D eigenvalue weighted by Crippen LogP contribution is 2.16. The molecule has 0 saturated carbocycles. The number of anilines is 1. The Kier molecular flexibility index (Phi) is 3.15. The summed E-state index contributed by atoms with van der Waals surface area (Å²) in [6, 6.07) is 7.57. The van der Waals surface area contributed by atoms with Gasteiger partial charge in [0.2, 0.25) is 0 Å². The molecule has 1 heterocycles. The Bertz CT molecular complexity index is 606. The third kappa shape index (κ3) is 2.48. The number of benzene rings is 1. The number of hydrogen-bond donors (Lipinski definition) is 2. The second-order valence-corrected chi connectivity index (χ2v) is 3.84. The molecule has 0 aliphatic heterocycles. The van der Waals surface area contributed by atoms with Gasteiger partial charge in [0.05, 0.1) is 17.5 Å². The first kappa shape index (κ1) is 11.3. The van der Waals surface area contributed by atoms with E-state index in [4.69, 9.17) is 9.68 Å². The smallest absolute Gasteiger partial charge is 0.408 e. The molecule has 0 aliphatic carbocycles. The summed E-state index contributed by atoms with van der Waals surface area (Å²) in [5.41, 5.74) is 2.06. The molecule has 1 aromatic heterocycles. The highest BCUT2D eigenvalue weighted by molar-refractivity contribution is 5.76. The van der Waals surface area contributed by atoms with Gasteiger partial charge in [-0.3, -0.25) is 4.98 Å². The van der Waals surface area contributed by atoms with Gasteiger partial charge in [0.1, 0.15) is 0 Å². The van der Waals surface area contributed by atoms with Gasteiger partial charge in [-0.05, 0) is 24.6 Å². The predicted octanol–water partition coefficient (Wildman–Crippen LogP) is 2.08. The molecular weight excluding hydrogens is 218 g/mol. The molecule has 1 unspecified atom stereocenters. The summed E-state index contributed by atoms with van der Waals surface area (Å²) < 4.78 is 4.90. The molecule has 0 radical (unpaired) electrons. The summed E-state index contributed by atoms with van der Waals surface area (Å²) in [7, 11) is 0. The minimum absolute atomic E-state index is 0.00547. The average molecular weight is 231 g/mol. The highest BCUT2D eigenvalue weighted by atomic mass is 16.4. The lowest BCUT2D eigenvalue weighted by molar-refractivity contribution is 0.555. The van der Waals surface area contributed by atoms with Crippen molar-refractivity contribution in [3.05, 3.63) is 28.7 Å². The largest absolute Gasteiger partial charge is 0.417 e. The summed E-state index contributed by atoms with van der Waals surface area (Å²) >= 11 is 0. The number of aromatic amines is 1. The number of rotatable bonds is 4. The Morgan fingerprint density at radius 3 is 3.12 bits per heavy atom. The first-order chi connectivity index (χ1) is 8.22. The molecule has 1 aromatic carbocycles. The van der Waals surface area contributed by atoms with E-state index in [0.717, 1.165) is 12.1 Å². The minimum Gasteiger partial charge on any atom is -0.408 e. The Morgan fingerprint density at radius 1 is 1.59 bits per heavy atom. The molecular formula is C12H13N3O2. The predicted molar refractivity (Wildman–Crippen MR) is 64.7 cm³/mol. The van der Waals surface area contributed by atoms with Crippen LogP contribution in [0, 0.1) is 17.2 Å². The summed E-state index contributed by atoms with van der Waals surface area (Å²) in [6.45, 7) is 2.58. The maximum atomic E-state index is 11.0. The van der Waals surface area contributed by atoms with Crippen molar-refractivity contribution in [1.82, 2.24) is 4.98 Å². The van der Waals surface area contributed by atoms with Crippen molar-refractivity contribution in [1.29, 1.82) is 5.26 Å². The quantitative estimate of drug-likeness (QED) is 0.844. The minimum atomic E-state index is -0.458. The molecule has 0 fully saturated rings. The van der Waals surface area contributed by atoms with Gasteiger partial charge in [-0.15, -0.1) is 0 Å². The molecule has 0 bridgehead atoms. The van der Waals surface area contributed by atoms with Gasteiger partial charge in [-0.2, -0.15) is 5.26 Å². The van der Waals surface area contributed by atoms with Crippen molar-refractivity contribution >= 4 is 16.8 Å². The monoisotopic (exact) mass is 231 g/mol. The van der Waals surface area contributed by atoms with Crippen LogP contribution in [0.25, 0.3) is 11.1 Å². The van der Waals surface area contributed by atoms with E-state index in [1.54, 1.807) is 12.1 Å². The SMILES string of the molecule is CCC(C#N)CNc1ccc2oc(=O)[nH]c2c1. The number of fused-ring (bicyclic) bond motifs is 1. The van der Waals surface area contributed by atoms with Gasteiger partial charge in [-0.25, -0.2) is 4.79 Å². The van der Waals surface area contributed by atoms with Crippen molar-refractivity contribution in [2.45, 2.75) is 13.3 Å². The fourth-order valence-corrected chi connectivity index (χ4v) is 1.58. The zero-order chi connectivity index (χ0) is 12.3. The average Bonchev–Trinajstić information content (AvgIpc) is 2.69. The highest BCUT2D eigenvalue weighted by Gasteiger charge is 2.05. The maximum Gasteiger partial charge on any atom is 0.417 e. The Labute approximate surface area is 98.1 Å². The molecule has 2 rings (SSSR count). The summed E-state index contributed by atoms with van der Waals surface area (Å²) in [5, 5.41) is 12.0. The number of nitrogens with one attached hydrogen (secondary N) is 2. The van der Waals surface area contributed by atoms with Crippen LogP contribution < -0.4 is 11.1 Å². The fraction of sp³-hybridized carbons (Fsp3) is 0.333. The van der Waals surface area contributed by atoms with Crippen molar-refractivity contribution in [3.63, 3.8) is 0 Å². The van der Waals surface area contributed by atoms with Crippen LogP contribution in [0.5, 0.6) is 0 Å². The third-order valence-corrected chi connectivity index (χ3v) is 2.65. The zero-order valence-electron chi connectivity index (χ0n) is 9.49. The second-order valence-electron chi connectivity index (χ2n) is 3.84. The van der Waals surface area contributed by atoms with Gasteiger partial charge >= 0.3 is 5.76 Å². The van der Waals surface area contributed by atoms with E-state index in [1.165, 1.54) is 0 Å². The summed E-state index contributed by atoms with van der Waals surface area (Å²) in [5.74, 6) is -0.463. The number of hydrogen-bond acceptors (Lipinski definition) is 4. The van der Waals surface area contributed by atoms with Crippen molar-refractivity contribution in [2.75, 3.05) is 11.9 Å². The maximum absolute atomic E-state index is 11.0. The molecule has 0 aliphatic rings. The van der Waals surface area contributed by atoms with E-state index in [1.807, 2.05) is 13.0 Å². The van der Waals surface area contributed by atoms with Crippen LogP contribution in [-0.2, 0) is 0 Å². The van der Waals surface area contributed by atoms with Crippen LogP contribution in [0.1, 0.15) is 13.3 Å². The van der Waals surface area contributed by atoms with Crippen molar-refractivity contribution in [3.8, 4) is 6.07 Å². The number of aromatic nitrogens is 1. The lowest BCUT2D eigenvalue weighted by Crippen LogP contribution is -2.11. The number of nitrogens with zero attached hydrogens (tertiary/aromatic N) is 1. The van der Waals surface area contributed by atoms with Crippen molar-refractivity contribution < 1.29 is 4.42 Å². The molecule has 5 heteroatoms. The van der Waals surface area contributed by atoms with E-state index in [0.29, 0.717) is 17.6 Å². The van der Waals surface area contributed by atoms with Crippen LogP contribution in [0.4, 0.5) is 5.69 Å². The van der Waals surface area contributed by atoms with Crippen LogP contribution in [0.15, 0.2) is 27.4 Å². The van der Waals surface area contributed by atoms with Gasteiger partial charge in [0.25, 0.3) is 0 Å². The van der Waals surface area contributed by atoms with E-state index in [2.05, 4.69) is 16.4 Å². The molecule has 5 nitrogen and oxygen atoms in total. The first-order valence-electron chi connectivity index (χ1n) is 5.49. The van der Waals surface area contributed by atoms with Gasteiger partial charge in [0.15, 0.2) is 5.58 Å². The van der Waals surface area contributed by atoms with Crippen LogP contribution in [0.3, 0.4) is 0 Å². The lowest BCUT2D eigenvalue weighted by atomic mass is 10.1. The van der Waals surface area contributed by atoms with Crippen molar-refractivity contribution in [2.24, 2.45) is 5.92 Å². The van der Waals surface area contributed by atoms with Gasteiger partial charge < -0.3 is 9.73 Å². The molecule has 2 aromatic rings. The third-order valence-electron chi connectivity index (χ3n) is 2.65. The molecule has 0 spiro atoms. The van der Waals surface area contributed by atoms with Crippen LogP contribution in [-0.4, -0.2) is 11.5 Å². The number of nitriles is 1. The topological polar surface area (TPSA) is 81.8 Å². The Hall–Kier alpha value is -2.22. The van der Waals surface area contributed by atoms with Gasteiger partial charge in [0, 0.05) is 12.2 Å². The van der Waals surface area contributed by atoms with Crippen LogP contribution in [0.2, 0.25) is 0 Å². The molecule has 17 heavy (non-hydrogen) atoms. The Balaban J connectivity index is 2.14. The van der Waals surface area contributed by atoms with E-state index < -0.39 is 5.76 Å². The number of H-pyrrole nitrogens is 1. The standard InChI is InChI=1S/C12H13N3O2/c1-2-8(6-13)7-14-9-3-4-11-10(5-9)15-12(16)17-11/h3-5,8,14H,2,7H2,1H3,(H,15,16). The second kappa shape index (κ2) is 4.74. The zero-order valence-corrected chi connectivity index (χ0v) is 9.49. The molecule has 1 atom stereocenters.